The maximum Gasteiger partial charge on any atom is 0.275 e. The lowest BCUT2D eigenvalue weighted by Crippen LogP contribution is -2.34. The molecule has 28 heavy (non-hydrogen) atoms. The van der Waals surface area contributed by atoms with Crippen molar-refractivity contribution in [3.05, 3.63) is 63.9 Å². The number of aromatic nitrogens is 2. The first-order valence-corrected chi connectivity index (χ1v) is 9.71. The molecule has 146 valence electrons. The van der Waals surface area contributed by atoms with Gasteiger partial charge in [-0.3, -0.25) is 9.59 Å². The van der Waals surface area contributed by atoms with Gasteiger partial charge >= 0.3 is 0 Å². The number of amides is 1. The van der Waals surface area contributed by atoms with Crippen LogP contribution in [-0.4, -0.2) is 22.2 Å². The Morgan fingerprint density at radius 2 is 1.82 bits per heavy atom. The number of hydrogen-bond donors (Lipinski definition) is 1. The molecule has 0 radical (unpaired) electrons. The number of benzene rings is 2. The second kappa shape index (κ2) is 8.38. The van der Waals surface area contributed by atoms with Crippen LogP contribution >= 0.6 is 0 Å². The summed E-state index contributed by atoms with van der Waals surface area (Å²) in [5, 5.41) is 8.85. The SMILES string of the molecule is Cc1ccc(C)c(-c2nn(CC(=O)NCCC(C)C)c(=O)c3ccccc23)c1. The van der Waals surface area contributed by atoms with Crippen molar-refractivity contribution in [3.63, 3.8) is 0 Å². The molecule has 1 heterocycles. The van der Waals surface area contributed by atoms with E-state index >= 15 is 0 Å². The van der Waals surface area contributed by atoms with E-state index in [-0.39, 0.29) is 18.0 Å². The topological polar surface area (TPSA) is 64.0 Å². The normalized spacial score (nSPS) is 11.2. The molecule has 0 saturated heterocycles. The average Bonchev–Trinajstić information content (AvgIpc) is 2.66. The van der Waals surface area contributed by atoms with Crippen molar-refractivity contribution >= 4 is 16.7 Å². The minimum Gasteiger partial charge on any atom is -0.354 e. The quantitative estimate of drug-likeness (QED) is 0.710. The molecule has 2 aromatic carbocycles. The fraction of sp³-hybridized carbons (Fsp3) is 0.348. The highest BCUT2D eigenvalue weighted by Crippen LogP contribution is 2.28. The van der Waals surface area contributed by atoms with Gasteiger partial charge in [-0.25, -0.2) is 4.68 Å². The number of rotatable bonds is 6. The Balaban J connectivity index is 2.05. The lowest BCUT2D eigenvalue weighted by molar-refractivity contribution is -0.121. The molecule has 1 amide bonds. The standard InChI is InChI=1S/C23H27N3O2/c1-15(2)11-12-24-21(27)14-26-23(28)19-8-6-5-7-18(19)22(25-26)20-13-16(3)9-10-17(20)4/h5-10,13,15H,11-12,14H2,1-4H3,(H,24,27). The third-order valence-electron chi connectivity index (χ3n) is 4.85. The Kier molecular flexibility index (Phi) is 5.93. The van der Waals surface area contributed by atoms with Gasteiger partial charge in [-0.15, -0.1) is 0 Å². The fourth-order valence-electron chi connectivity index (χ4n) is 3.22. The molecule has 3 rings (SSSR count). The molecule has 0 aliphatic carbocycles. The molecule has 0 spiro atoms. The van der Waals surface area contributed by atoms with E-state index in [0.717, 1.165) is 34.2 Å². The molecule has 1 N–H and O–H groups in total. The number of carbonyl (C=O) groups excluding carboxylic acids is 1. The summed E-state index contributed by atoms with van der Waals surface area (Å²) in [6, 6.07) is 13.6. The van der Waals surface area contributed by atoms with Gasteiger partial charge in [0, 0.05) is 17.5 Å². The van der Waals surface area contributed by atoms with Gasteiger partial charge in [-0.05, 0) is 43.9 Å². The summed E-state index contributed by atoms with van der Waals surface area (Å²) in [5.74, 6) is 0.315. The van der Waals surface area contributed by atoms with Gasteiger partial charge in [0.1, 0.15) is 6.54 Å². The molecule has 1 aromatic heterocycles. The van der Waals surface area contributed by atoms with Crippen LogP contribution in [0.3, 0.4) is 0 Å². The Hall–Kier alpha value is -2.95. The zero-order valence-corrected chi connectivity index (χ0v) is 17.0. The lowest BCUT2D eigenvalue weighted by atomic mass is 9.99. The highest BCUT2D eigenvalue weighted by atomic mass is 16.2. The molecule has 0 aliphatic heterocycles. The van der Waals surface area contributed by atoms with Gasteiger partial charge in [0.15, 0.2) is 0 Å². The predicted octanol–water partition coefficient (Wildman–Crippen LogP) is 3.84. The van der Waals surface area contributed by atoms with Crippen LogP contribution in [0.4, 0.5) is 0 Å². The number of hydrogen-bond acceptors (Lipinski definition) is 3. The summed E-state index contributed by atoms with van der Waals surface area (Å²) in [5.41, 5.74) is 3.66. The van der Waals surface area contributed by atoms with E-state index in [2.05, 4.69) is 42.5 Å². The van der Waals surface area contributed by atoms with Crippen LogP contribution in [0.5, 0.6) is 0 Å². The zero-order chi connectivity index (χ0) is 20.3. The maximum absolute atomic E-state index is 12.9. The van der Waals surface area contributed by atoms with E-state index in [1.807, 2.05) is 32.0 Å². The third kappa shape index (κ3) is 4.30. The van der Waals surface area contributed by atoms with Crippen molar-refractivity contribution in [3.8, 4) is 11.3 Å². The minimum absolute atomic E-state index is 0.0837. The van der Waals surface area contributed by atoms with Crippen LogP contribution in [0.2, 0.25) is 0 Å². The Morgan fingerprint density at radius 1 is 1.11 bits per heavy atom. The largest absolute Gasteiger partial charge is 0.354 e. The third-order valence-corrected chi connectivity index (χ3v) is 4.85. The first-order chi connectivity index (χ1) is 13.4. The predicted molar refractivity (Wildman–Crippen MR) is 113 cm³/mol. The summed E-state index contributed by atoms with van der Waals surface area (Å²) < 4.78 is 1.28. The van der Waals surface area contributed by atoms with Crippen molar-refractivity contribution < 1.29 is 4.79 Å². The van der Waals surface area contributed by atoms with Gasteiger partial charge < -0.3 is 5.32 Å². The number of nitrogens with zero attached hydrogens (tertiary/aromatic N) is 2. The number of aryl methyl sites for hydroxylation is 2. The smallest absolute Gasteiger partial charge is 0.275 e. The Labute approximate surface area is 165 Å². The summed E-state index contributed by atoms with van der Waals surface area (Å²) in [6.45, 7) is 8.79. The van der Waals surface area contributed by atoms with E-state index in [4.69, 9.17) is 0 Å². The van der Waals surface area contributed by atoms with Crippen LogP contribution in [-0.2, 0) is 11.3 Å². The molecule has 5 nitrogen and oxygen atoms in total. The molecule has 0 saturated carbocycles. The zero-order valence-electron chi connectivity index (χ0n) is 17.0. The minimum atomic E-state index is -0.247. The monoisotopic (exact) mass is 377 g/mol. The number of carbonyl (C=O) groups is 1. The van der Waals surface area contributed by atoms with Gasteiger partial charge in [0.05, 0.1) is 11.1 Å². The second-order valence-electron chi connectivity index (χ2n) is 7.71. The van der Waals surface area contributed by atoms with Crippen LogP contribution in [0.15, 0.2) is 47.3 Å². The summed E-state index contributed by atoms with van der Waals surface area (Å²) in [7, 11) is 0. The number of fused-ring (bicyclic) bond motifs is 1. The van der Waals surface area contributed by atoms with Crippen molar-refractivity contribution in [1.82, 2.24) is 15.1 Å². The van der Waals surface area contributed by atoms with Crippen LogP contribution in [0.25, 0.3) is 22.0 Å². The van der Waals surface area contributed by atoms with Gasteiger partial charge in [0.25, 0.3) is 5.56 Å². The molecule has 0 unspecified atom stereocenters. The van der Waals surface area contributed by atoms with E-state index in [9.17, 15) is 9.59 Å². The molecular formula is C23H27N3O2. The van der Waals surface area contributed by atoms with Crippen LogP contribution < -0.4 is 10.9 Å². The van der Waals surface area contributed by atoms with Crippen molar-refractivity contribution in [2.24, 2.45) is 5.92 Å². The Morgan fingerprint density at radius 3 is 2.54 bits per heavy atom. The molecule has 0 fully saturated rings. The highest BCUT2D eigenvalue weighted by molar-refractivity contribution is 5.94. The molecular weight excluding hydrogens is 350 g/mol. The molecule has 3 aromatic rings. The summed E-state index contributed by atoms with van der Waals surface area (Å²) in [4.78, 5) is 25.2. The fourth-order valence-corrected chi connectivity index (χ4v) is 3.22. The van der Waals surface area contributed by atoms with Crippen LogP contribution in [0.1, 0.15) is 31.4 Å². The van der Waals surface area contributed by atoms with E-state index < -0.39 is 0 Å². The van der Waals surface area contributed by atoms with Crippen molar-refractivity contribution in [2.75, 3.05) is 6.54 Å². The molecule has 0 aliphatic rings. The first-order valence-electron chi connectivity index (χ1n) is 9.71. The van der Waals surface area contributed by atoms with E-state index in [0.29, 0.717) is 17.8 Å². The molecule has 5 heteroatoms. The summed E-state index contributed by atoms with van der Waals surface area (Å²) >= 11 is 0. The first kappa shape index (κ1) is 19.8. The van der Waals surface area contributed by atoms with Gasteiger partial charge in [-0.2, -0.15) is 5.10 Å². The molecule has 0 bridgehead atoms. The van der Waals surface area contributed by atoms with E-state index in [1.165, 1.54) is 4.68 Å². The maximum atomic E-state index is 12.9. The highest BCUT2D eigenvalue weighted by Gasteiger charge is 2.15. The summed E-state index contributed by atoms with van der Waals surface area (Å²) in [6.07, 6.45) is 0.902. The van der Waals surface area contributed by atoms with E-state index in [1.54, 1.807) is 6.07 Å². The number of nitrogens with one attached hydrogen (secondary N) is 1. The molecule has 0 atom stereocenters. The Bertz CT molecular complexity index is 1070. The lowest BCUT2D eigenvalue weighted by Gasteiger charge is -2.14. The van der Waals surface area contributed by atoms with Gasteiger partial charge in [0.2, 0.25) is 5.91 Å². The van der Waals surface area contributed by atoms with Gasteiger partial charge in [-0.1, -0.05) is 49.7 Å². The second-order valence-corrected chi connectivity index (χ2v) is 7.71. The average molecular weight is 377 g/mol. The van der Waals surface area contributed by atoms with Crippen molar-refractivity contribution in [1.29, 1.82) is 0 Å². The van der Waals surface area contributed by atoms with Crippen molar-refractivity contribution in [2.45, 2.75) is 40.7 Å². The van der Waals surface area contributed by atoms with Crippen LogP contribution in [0, 0.1) is 19.8 Å².